The van der Waals surface area contributed by atoms with E-state index in [2.05, 4.69) is 0 Å². The van der Waals surface area contributed by atoms with Crippen LogP contribution in [0.4, 0.5) is 8.78 Å². The fourth-order valence-electron chi connectivity index (χ4n) is 1.38. The lowest BCUT2D eigenvalue weighted by Crippen LogP contribution is -1.91. The van der Waals surface area contributed by atoms with Gasteiger partial charge in [-0.3, -0.25) is 0 Å². The van der Waals surface area contributed by atoms with Crippen LogP contribution in [-0.4, -0.2) is 0 Å². The summed E-state index contributed by atoms with van der Waals surface area (Å²) in [4.78, 5) is 0. The molecule has 0 unspecified atom stereocenters. The van der Waals surface area contributed by atoms with Gasteiger partial charge in [0.1, 0.15) is 23.1 Å². The minimum absolute atomic E-state index is 0.147. The molecular weight excluding hydrogens is 246 g/mol. The average Bonchev–Trinajstić information content (AvgIpc) is 2.34. The maximum Gasteiger partial charge on any atom is 0.132 e. The van der Waals surface area contributed by atoms with Crippen molar-refractivity contribution in [2.75, 3.05) is 0 Å². The molecule has 2 rings (SSSR count). The molecule has 0 aliphatic heterocycles. The lowest BCUT2D eigenvalue weighted by molar-refractivity contribution is 0.474. The summed E-state index contributed by atoms with van der Waals surface area (Å²) in [5.41, 5.74) is 0.552. The Bertz CT molecular complexity index is 511. The normalized spacial score (nSPS) is 10.3. The summed E-state index contributed by atoms with van der Waals surface area (Å²) in [6, 6.07) is 9.67. The van der Waals surface area contributed by atoms with Crippen LogP contribution in [0.1, 0.15) is 5.56 Å². The molecule has 0 fully saturated rings. The van der Waals surface area contributed by atoms with E-state index in [9.17, 15) is 8.78 Å². The zero-order valence-electron chi connectivity index (χ0n) is 8.79. The summed E-state index contributed by atoms with van der Waals surface area (Å²) >= 11 is 5.69. The maximum absolute atomic E-state index is 13.0. The highest BCUT2D eigenvalue weighted by molar-refractivity contribution is 6.17. The third-order valence-corrected chi connectivity index (χ3v) is 2.50. The highest BCUT2D eigenvalue weighted by Gasteiger charge is 2.05. The molecule has 0 aliphatic rings. The SMILES string of the molecule is Fc1ccc(Oc2ccc(F)cc2CCl)cc1. The Hall–Kier alpha value is -1.61. The molecule has 0 radical (unpaired) electrons. The molecule has 17 heavy (non-hydrogen) atoms. The largest absolute Gasteiger partial charge is 0.457 e. The second-order valence-electron chi connectivity index (χ2n) is 3.44. The molecule has 88 valence electrons. The summed E-state index contributed by atoms with van der Waals surface area (Å²) in [7, 11) is 0. The van der Waals surface area contributed by atoms with E-state index in [1.54, 1.807) is 0 Å². The molecule has 0 aliphatic carbocycles. The van der Waals surface area contributed by atoms with Crippen molar-refractivity contribution in [2.45, 2.75) is 5.88 Å². The summed E-state index contributed by atoms with van der Waals surface area (Å²) in [5.74, 6) is 0.382. The van der Waals surface area contributed by atoms with Crippen molar-refractivity contribution in [1.82, 2.24) is 0 Å². The van der Waals surface area contributed by atoms with Gasteiger partial charge in [0, 0.05) is 5.56 Å². The molecule has 2 aromatic carbocycles. The Balaban J connectivity index is 2.26. The quantitative estimate of drug-likeness (QED) is 0.733. The standard InChI is InChI=1S/C13H9ClF2O/c14-8-9-7-11(16)3-6-13(9)17-12-4-1-10(15)2-5-12/h1-7H,8H2. The Morgan fingerprint density at radius 1 is 0.941 bits per heavy atom. The van der Waals surface area contributed by atoms with Crippen LogP contribution in [0.2, 0.25) is 0 Å². The van der Waals surface area contributed by atoms with Gasteiger partial charge in [-0.15, -0.1) is 11.6 Å². The zero-order valence-corrected chi connectivity index (χ0v) is 9.55. The number of alkyl halides is 1. The van der Waals surface area contributed by atoms with Gasteiger partial charge >= 0.3 is 0 Å². The Labute approximate surface area is 103 Å². The Morgan fingerprint density at radius 2 is 1.59 bits per heavy atom. The lowest BCUT2D eigenvalue weighted by Gasteiger charge is -2.09. The van der Waals surface area contributed by atoms with E-state index in [1.165, 1.54) is 42.5 Å². The van der Waals surface area contributed by atoms with Gasteiger partial charge in [-0.2, -0.15) is 0 Å². The minimum atomic E-state index is -0.368. The Morgan fingerprint density at radius 3 is 2.24 bits per heavy atom. The number of benzene rings is 2. The minimum Gasteiger partial charge on any atom is -0.457 e. The molecule has 0 aromatic heterocycles. The van der Waals surface area contributed by atoms with Gasteiger partial charge in [-0.05, 0) is 42.5 Å². The van der Waals surface area contributed by atoms with Crippen LogP contribution in [0.3, 0.4) is 0 Å². The van der Waals surface area contributed by atoms with Crippen molar-refractivity contribution in [3.05, 3.63) is 59.7 Å². The van der Waals surface area contributed by atoms with E-state index < -0.39 is 0 Å². The van der Waals surface area contributed by atoms with Crippen molar-refractivity contribution in [1.29, 1.82) is 0 Å². The number of hydrogen-bond donors (Lipinski definition) is 0. The van der Waals surface area contributed by atoms with Crippen LogP contribution >= 0.6 is 11.6 Å². The van der Waals surface area contributed by atoms with Crippen LogP contribution in [0.25, 0.3) is 0 Å². The molecule has 0 saturated heterocycles. The first-order valence-corrected chi connectivity index (χ1v) is 5.50. The topological polar surface area (TPSA) is 9.23 Å². The van der Waals surface area contributed by atoms with Crippen molar-refractivity contribution >= 4 is 11.6 Å². The van der Waals surface area contributed by atoms with Crippen molar-refractivity contribution in [3.8, 4) is 11.5 Å². The molecule has 0 N–H and O–H groups in total. The van der Waals surface area contributed by atoms with E-state index in [1.807, 2.05) is 0 Å². The first kappa shape index (κ1) is 11.9. The van der Waals surface area contributed by atoms with Gasteiger partial charge < -0.3 is 4.74 Å². The first-order chi connectivity index (χ1) is 8.19. The van der Waals surface area contributed by atoms with E-state index in [-0.39, 0.29) is 17.5 Å². The van der Waals surface area contributed by atoms with Crippen molar-refractivity contribution in [2.24, 2.45) is 0 Å². The second kappa shape index (κ2) is 5.15. The van der Waals surface area contributed by atoms with E-state index in [0.29, 0.717) is 17.1 Å². The van der Waals surface area contributed by atoms with E-state index in [0.717, 1.165) is 0 Å². The van der Waals surface area contributed by atoms with Gasteiger partial charge in [-0.25, -0.2) is 8.78 Å². The van der Waals surface area contributed by atoms with Crippen LogP contribution < -0.4 is 4.74 Å². The number of rotatable bonds is 3. The molecule has 1 nitrogen and oxygen atoms in total. The molecule has 0 spiro atoms. The van der Waals surface area contributed by atoms with Gasteiger partial charge in [0.15, 0.2) is 0 Å². The fraction of sp³-hybridized carbons (Fsp3) is 0.0769. The maximum atomic E-state index is 13.0. The monoisotopic (exact) mass is 254 g/mol. The molecule has 0 atom stereocenters. The van der Waals surface area contributed by atoms with Crippen LogP contribution in [0.15, 0.2) is 42.5 Å². The summed E-state index contributed by atoms with van der Waals surface area (Å²) in [6.07, 6.45) is 0. The number of halogens is 3. The molecule has 0 heterocycles. The first-order valence-electron chi connectivity index (χ1n) is 4.97. The van der Waals surface area contributed by atoms with Crippen molar-refractivity contribution < 1.29 is 13.5 Å². The molecule has 2 aromatic rings. The van der Waals surface area contributed by atoms with Crippen molar-refractivity contribution in [3.63, 3.8) is 0 Å². The fourth-order valence-corrected chi connectivity index (χ4v) is 1.59. The highest BCUT2D eigenvalue weighted by Crippen LogP contribution is 2.27. The molecular formula is C13H9ClF2O. The second-order valence-corrected chi connectivity index (χ2v) is 3.71. The summed E-state index contributed by atoms with van der Waals surface area (Å²) in [6.45, 7) is 0. The van der Waals surface area contributed by atoms with E-state index in [4.69, 9.17) is 16.3 Å². The highest BCUT2D eigenvalue weighted by atomic mass is 35.5. The number of hydrogen-bond acceptors (Lipinski definition) is 1. The molecule has 0 saturated carbocycles. The van der Waals surface area contributed by atoms with Crippen LogP contribution in [0, 0.1) is 11.6 Å². The Kier molecular flexibility index (Phi) is 3.59. The third kappa shape index (κ3) is 2.94. The summed E-state index contributed by atoms with van der Waals surface area (Å²) < 4.78 is 31.2. The third-order valence-electron chi connectivity index (χ3n) is 2.21. The molecule has 0 amide bonds. The predicted molar refractivity (Wildman–Crippen MR) is 62.4 cm³/mol. The molecule has 4 heteroatoms. The predicted octanol–water partition coefficient (Wildman–Crippen LogP) is 4.50. The van der Waals surface area contributed by atoms with Gasteiger partial charge in [0.2, 0.25) is 0 Å². The van der Waals surface area contributed by atoms with E-state index >= 15 is 0 Å². The number of ether oxygens (including phenoxy) is 1. The van der Waals surface area contributed by atoms with Crippen LogP contribution in [0.5, 0.6) is 11.5 Å². The smallest absolute Gasteiger partial charge is 0.132 e. The lowest BCUT2D eigenvalue weighted by atomic mass is 10.2. The van der Waals surface area contributed by atoms with Gasteiger partial charge in [0.25, 0.3) is 0 Å². The average molecular weight is 255 g/mol. The zero-order chi connectivity index (χ0) is 12.3. The molecule has 0 bridgehead atoms. The van der Waals surface area contributed by atoms with Crippen LogP contribution in [-0.2, 0) is 5.88 Å². The summed E-state index contributed by atoms with van der Waals surface area (Å²) in [5, 5.41) is 0. The van der Waals surface area contributed by atoms with Gasteiger partial charge in [-0.1, -0.05) is 0 Å². The van der Waals surface area contributed by atoms with Gasteiger partial charge in [0.05, 0.1) is 5.88 Å².